The van der Waals surface area contributed by atoms with Gasteiger partial charge in [0.2, 0.25) is 5.88 Å². The summed E-state index contributed by atoms with van der Waals surface area (Å²) >= 11 is 1.14. The molecule has 1 aromatic heterocycles. The van der Waals surface area contributed by atoms with Crippen molar-refractivity contribution in [3.63, 3.8) is 0 Å². The molecule has 1 heterocycles. The molecule has 0 aliphatic carbocycles. The Kier molecular flexibility index (Phi) is 5.46. The molecule has 0 aliphatic heterocycles. The minimum Gasteiger partial charge on any atom is -0.439 e. The van der Waals surface area contributed by atoms with E-state index in [1.165, 1.54) is 0 Å². The Morgan fingerprint density at radius 1 is 0.962 bits per heavy atom. The zero-order chi connectivity index (χ0) is 18.6. The number of benzene rings is 2. The van der Waals surface area contributed by atoms with Crippen LogP contribution in [0.2, 0.25) is 0 Å². The number of ether oxygens (including phenoxy) is 1. The van der Waals surface area contributed by atoms with Gasteiger partial charge < -0.3 is 4.74 Å². The summed E-state index contributed by atoms with van der Waals surface area (Å²) in [6, 6.07) is 17.0. The van der Waals surface area contributed by atoms with Crippen LogP contribution in [0.4, 0.5) is 13.2 Å². The third kappa shape index (κ3) is 4.76. The van der Waals surface area contributed by atoms with Gasteiger partial charge in [-0.3, -0.25) is 0 Å². The zero-order valence-electron chi connectivity index (χ0n) is 13.8. The number of nitrogens with zero attached hydrogens (tertiary/aromatic N) is 2. The molecular weight excluding hydrogens is 361 g/mol. The predicted octanol–water partition coefficient (Wildman–Crippen LogP) is 5.89. The van der Waals surface area contributed by atoms with E-state index in [0.29, 0.717) is 11.5 Å². The fourth-order valence-corrected chi connectivity index (χ4v) is 3.12. The molecule has 0 radical (unpaired) electrons. The molecule has 0 atom stereocenters. The van der Waals surface area contributed by atoms with Gasteiger partial charge in [-0.05, 0) is 30.2 Å². The van der Waals surface area contributed by atoms with Gasteiger partial charge in [0.15, 0.2) is 10.9 Å². The first-order valence-electron chi connectivity index (χ1n) is 7.78. The van der Waals surface area contributed by atoms with Crippen LogP contribution in [-0.2, 0) is 11.9 Å². The molecule has 134 valence electrons. The topological polar surface area (TPSA) is 35.0 Å². The van der Waals surface area contributed by atoms with Crippen LogP contribution in [-0.4, -0.2) is 9.97 Å². The summed E-state index contributed by atoms with van der Waals surface area (Å²) in [7, 11) is 0. The van der Waals surface area contributed by atoms with Gasteiger partial charge in [-0.1, -0.05) is 54.2 Å². The number of alkyl halides is 3. The Balaban J connectivity index is 1.86. The van der Waals surface area contributed by atoms with Crippen LogP contribution in [0.3, 0.4) is 0 Å². The molecule has 0 saturated carbocycles. The smallest absolute Gasteiger partial charge is 0.433 e. The molecule has 0 amide bonds. The van der Waals surface area contributed by atoms with Crippen LogP contribution < -0.4 is 4.74 Å². The van der Waals surface area contributed by atoms with Crippen molar-refractivity contribution >= 4 is 11.8 Å². The highest BCUT2D eigenvalue weighted by molar-refractivity contribution is 7.98. The average molecular weight is 376 g/mol. The lowest BCUT2D eigenvalue weighted by atomic mass is 10.1. The molecule has 7 heteroatoms. The number of aryl methyl sites for hydroxylation is 1. The molecule has 2 aromatic carbocycles. The number of para-hydroxylation sites is 1. The van der Waals surface area contributed by atoms with Crippen molar-refractivity contribution in [2.75, 3.05) is 0 Å². The van der Waals surface area contributed by atoms with Crippen molar-refractivity contribution in [2.24, 2.45) is 0 Å². The van der Waals surface area contributed by atoms with Gasteiger partial charge in [0.1, 0.15) is 5.75 Å². The minimum atomic E-state index is -4.57. The van der Waals surface area contributed by atoms with Crippen LogP contribution in [0.15, 0.2) is 65.8 Å². The third-order valence-electron chi connectivity index (χ3n) is 3.56. The normalized spacial score (nSPS) is 11.4. The summed E-state index contributed by atoms with van der Waals surface area (Å²) < 4.78 is 44.9. The van der Waals surface area contributed by atoms with Crippen LogP contribution in [0.1, 0.15) is 16.8 Å². The van der Waals surface area contributed by atoms with Crippen molar-refractivity contribution in [3.8, 4) is 11.6 Å². The van der Waals surface area contributed by atoms with E-state index in [4.69, 9.17) is 4.74 Å². The maximum atomic E-state index is 13.2. The molecule has 0 N–H and O–H groups in total. The van der Waals surface area contributed by atoms with E-state index < -0.39 is 11.9 Å². The standard InChI is InChI=1S/C19H15F3N2OS/c1-13-7-5-6-8-14(13)12-26-18-23-16(19(20,21)22)11-17(24-18)25-15-9-3-2-4-10-15/h2-11H,12H2,1H3. The van der Waals surface area contributed by atoms with Gasteiger partial charge >= 0.3 is 6.18 Å². The molecule has 3 nitrogen and oxygen atoms in total. The van der Waals surface area contributed by atoms with Crippen LogP contribution in [0, 0.1) is 6.92 Å². The first kappa shape index (κ1) is 18.3. The van der Waals surface area contributed by atoms with Gasteiger partial charge in [0.25, 0.3) is 0 Å². The Bertz CT molecular complexity index is 885. The van der Waals surface area contributed by atoms with Crippen molar-refractivity contribution < 1.29 is 17.9 Å². The summed E-state index contributed by atoms with van der Waals surface area (Å²) in [5.41, 5.74) is 1.06. The average Bonchev–Trinajstić information content (AvgIpc) is 2.61. The highest BCUT2D eigenvalue weighted by Gasteiger charge is 2.34. The summed E-state index contributed by atoms with van der Waals surface area (Å²) in [4.78, 5) is 7.75. The molecule has 0 bridgehead atoms. The zero-order valence-corrected chi connectivity index (χ0v) is 14.6. The highest BCUT2D eigenvalue weighted by Crippen LogP contribution is 2.33. The minimum absolute atomic E-state index is 0.0222. The summed E-state index contributed by atoms with van der Waals surface area (Å²) in [5, 5.41) is 0.0222. The summed E-state index contributed by atoms with van der Waals surface area (Å²) in [6.07, 6.45) is -4.57. The molecule has 0 unspecified atom stereocenters. The van der Waals surface area contributed by atoms with Gasteiger partial charge in [-0.25, -0.2) is 4.98 Å². The Labute approximate surface area is 153 Å². The maximum Gasteiger partial charge on any atom is 0.433 e. The lowest BCUT2D eigenvalue weighted by Crippen LogP contribution is -2.10. The van der Waals surface area contributed by atoms with E-state index in [2.05, 4.69) is 9.97 Å². The fraction of sp³-hybridized carbons (Fsp3) is 0.158. The molecular formula is C19H15F3N2OS. The molecule has 3 rings (SSSR count). The van der Waals surface area contributed by atoms with Crippen molar-refractivity contribution in [2.45, 2.75) is 24.0 Å². The van der Waals surface area contributed by atoms with Gasteiger partial charge in [-0.2, -0.15) is 18.2 Å². The van der Waals surface area contributed by atoms with E-state index in [1.807, 2.05) is 31.2 Å². The van der Waals surface area contributed by atoms with Crippen LogP contribution >= 0.6 is 11.8 Å². The number of hydrogen-bond acceptors (Lipinski definition) is 4. The largest absolute Gasteiger partial charge is 0.439 e. The van der Waals surface area contributed by atoms with Crippen LogP contribution in [0.5, 0.6) is 11.6 Å². The SMILES string of the molecule is Cc1ccccc1CSc1nc(Oc2ccccc2)cc(C(F)(F)F)n1. The second kappa shape index (κ2) is 7.78. The first-order chi connectivity index (χ1) is 12.4. The van der Waals surface area contributed by atoms with Gasteiger partial charge in [-0.15, -0.1) is 0 Å². The third-order valence-corrected chi connectivity index (χ3v) is 4.45. The Hall–Kier alpha value is -2.54. The summed E-state index contributed by atoms with van der Waals surface area (Å²) in [6.45, 7) is 1.95. The molecule has 0 fully saturated rings. The quantitative estimate of drug-likeness (QED) is 0.411. The molecule has 3 aromatic rings. The number of halogens is 3. The van der Waals surface area contributed by atoms with E-state index in [0.717, 1.165) is 29.0 Å². The maximum absolute atomic E-state index is 13.2. The van der Waals surface area contributed by atoms with Crippen LogP contribution in [0.25, 0.3) is 0 Å². The fourth-order valence-electron chi connectivity index (χ4n) is 2.19. The number of hydrogen-bond donors (Lipinski definition) is 0. The lowest BCUT2D eigenvalue weighted by molar-refractivity contribution is -0.141. The first-order valence-corrected chi connectivity index (χ1v) is 8.77. The molecule has 0 aliphatic rings. The van der Waals surface area contributed by atoms with Gasteiger partial charge in [0, 0.05) is 11.8 Å². The highest BCUT2D eigenvalue weighted by atomic mass is 32.2. The number of aromatic nitrogens is 2. The van der Waals surface area contributed by atoms with E-state index in [1.54, 1.807) is 30.3 Å². The van der Waals surface area contributed by atoms with E-state index in [9.17, 15) is 13.2 Å². The van der Waals surface area contributed by atoms with Crippen molar-refractivity contribution in [3.05, 3.63) is 77.5 Å². The van der Waals surface area contributed by atoms with E-state index >= 15 is 0 Å². The van der Waals surface area contributed by atoms with E-state index in [-0.39, 0.29) is 11.0 Å². The second-order valence-corrected chi connectivity index (χ2v) is 6.44. The lowest BCUT2D eigenvalue weighted by Gasteiger charge is -2.11. The number of thioether (sulfide) groups is 1. The second-order valence-electron chi connectivity index (χ2n) is 5.50. The van der Waals surface area contributed by atoms with Crippen molar-refractivity contribution in [1.82, 2.24) is 9.97 Å². The molecule has 26 heavy (non-hydrogen) atoms. The van der Waals surface area contributed by atoms with Crippen molar-refractivity contribution in [1.29, 1.82) is 0 Å². The molecule has 0 saturated heterocycles. The predicted molar refractivity (Wildman–Crippen MR) is 94.3 cm³/mol. The number of rotatable bonds is 5. The Morgan fingerprint density at radius 2 is 1.65 bits per heavy atom. The Morgan fingerprint density at radius 3 is 2.35 bits per heavy atom. The summed E-state index contributed by atoms with van der Waals surface area (Å²) in [5.74, 6) is 0.749. The van der Waals surface area contributed by atoms with Gasteiger partial charge in [0.05, 0.1) is 0 Å². The molecule has 0 spiro atoms. The monoisotopic (exact) mass is 376 g/mol.